The van der Waals surface area contributed by atoms with Crippen molar-refractivity contribution < 1.29 is 0 Å². The SMILES string of the molecule is C=C/C=C(\C=N)c1ccc(-c2ccc3c(ccc4c5ccc(-c6ccc(C7C=CC=CN7)cc6)cc5n(-c5ccccc5)c34)c2)cc1. The molecule has 3 heteroatoms. The van der Waals surface area contributed by atoms with Gasteiger partial charge in [-0.3, -0.25) is 0 Å². The number of nitrogens with one attached hydrogen (secondary N) is 2. The van der Waals surface area contributed by atoms with Crippen molar-refractivity contribution in [3.8, 4) is 27.9 Å². The average molecular weight is 604 g/mol. The van der Waals surface area contributed by atoms with Gasteiger partial charge < -0.3 is 15.3 Å². The molecule has 0 amide bonds. The molecular formula is C44H33N3. The number of fused-ring (bicyclic) bond motifs is 5. The largest absolute Gasteiger partial charge is 0.381 e. The van der Waals surface area contributed by atoms with Crippen LogP contribution >= 0.6 is 0 Å². The Morgan fingerprint density at radius 3 is 2.06 bits per heavy atom. The minimum atomic E-state index is 0.199. The van der Waals surface area contributed by atoms with E-state index < -0.39 is 0 Å². The number of hydrogen-bond acceptors (Lipinski definition) is 2. The van der Waals surface area contributed by atoms with Crippen LogP contribution in [0.25, 0.3) is 66.1 Å². The second kappa shape index (κ2) is 12.0. The van der Waals surface area contributed by atoms with Gasteiger partial charge in [0.05, 0.1) is 17.1 Å². The Balaban J connectivity index is 1.25. The van der Waals surface area contributed by atoms with E-state index in [0.717, 1.165) is 28.0 Å². The van der Waals surface area contributed by atoms with E-state index in [1.54, 1.807) is 6.08 Å². The predicted octanol–water partition coefficient (Wildman–Crippen LogP) is 11.2. The van der Waals surface area contributed by atoms with Crippen LogP contribution in [-0.2, 0) is 0 Å². The molecule has 0 saturated carbocycles. The normalized spacial score (nSPS) is 14.5. The van der Waals surface area contributed by atoms with E-state index in [1.165, 1.54) is 55.5 Å². The van der Waals surface area contributed by atoms with Gasteiger partial charge in [0.1, 0.15) is 0 Å². The molecule has 8 rings (SSSR count). The molecule has 1 aliphatic heterocycles. The van der Waals surface area contributed by atoms with Gasteiger partial charge in [-0.2, -0.15) is 0 Å². The Hall–Kier alpha value is -6.19. The van der Waals surface area contributed by atoms with Crippen LogP contribution in [0.3, 0.4) is 0 Å². The van der Waals surface area contributed by atoms with Gasteiger partial charge >= 0.3 is 0 Å². The van der Waals surface area contributed by atoms with Gasteiger partial charge in [0.25, 0.3) is 0 Å². The van der Waals surface area contributed by atoms with Crippen molar-refractivity contribution in [1.29, 1.82) is 5.41 Å². The van der Waals surface area contributed by atoms with Gasteiger partial charge in [-0.05, 0) is 80.9 Å². The lowest BCUT2D eigenvalue weighted by molar-refractivity contribution is 0.746. The summed E-state index contributed by atoms with van der Waals surface area (Å²) in [5, 5.41) is 16.1. The summed E-state index contributed by atoms with van der Waals surface area (Å²) in [5.74, 6) is 0. The standard InChI is InChI=1S/C44H33N3/c1-2-8-37(29-45)32-14-12-30(13-15-32)34-20-23-39-36(27-34)22-25-41-40-24-21-35(28-43(40)47(44(39)41)38-9-4-3-5-10-38)31-16-18-33(19-17-31)42-11-6-7-26-46-42/h2-29,42,45-46H,1H2/b37-8+,45-29?. The number of benzene rings is 6. The van der Waals surface area contributed by atoms with Crippen molar-refractivity contribution in [2.45, 2.75) is 6.04 Å². The van der Waals surface area contributed by atoms with Gasteiger partial charge in [0, 0.05) is 28.1 Å². The average Bonchev–Trinajstić information content (AvgIpc) is 3.48. The molecule has 7 aromatic rings. The molecule has 0 fully saturated rings. The van der Waals surface area contributed by atoms with Gasteiger partial charge in [0.15, 0.2) is 0 Å². The fourth-order valence-electron chi connectivity index (χ4n) is 6.79. The zero-order chi connectivity index (χ0) is 31.7. The summed E-state index contributed by atoms with van der Waals surface area (Å²) >= 11 is 0. The van der Waals surface area contributed by atoms with E-state index in [4.69, 9.17) is 5.41 Å². The summed E-state index contributed by atoms with van der Waals surface area (Å²) in [5.41, 5.74) is 11.3. The number of dihydropyridines is 1. The summed E-state index contributed by atoms with van der Waals surface area (Å²) in [6, 6.07) is 46.3. The van der Waals surface area contributed by atoms with Crippen molar-refractivity contribution in [2.24, 2.45) is 0 Å². The molecule has 0 spiro atoms. The maximum Gasteiger partial charge on any atom is 0.0695 e. The molecule has 1 aromatic heterocycles. The van der Waals surface area contributed by atoms with Gasteiger partial charge in [-0.1, -0.05) is 134 Å². The van der Waals surface area contributed by atoms with Crippen LogP contribution in [0.5, 0.6) is 0 Å². The minimum Gasteiger partial charge on any atom is -0.381 e. The van der Waals surface area contributed by atoms with E-state index in [9.17, 15) is 0 Å². The molecule has 0 radical (unpaired) electrons. The number of nitrogens with zero attached hydrogens (tertiary/aromatic N) is 1. The molecule has 0 aliphatic carbocycles. The van der Waals surface area contributed by atoms with Gasteiger partial charge in [0.2, 0.25) is 0 Å². The van der Waals surface area contributed by atoms with E-state index in [-0.39, 0.29) is 6.04 Å². The maximum atomic E-state index is 7.74. The van der Waals surface area contributed by atoms with Crippen LogP contribution in [0.1, 0.15) is 17.2 Å². The predicted molar refractivity (Wildman–Crippen MR) is 200 cm³/mol. The van der Waals surface area contributed by atoms with Crippen LogP contribution in [0.15, 0.2) is 171 Å². The number of para-hydroxylation sites is 1. The van der Waals surface area contributed by atoms with E-state index in [2.05, 4.69) is 156 Å². The number of allylic oxidation sites excluding steroid dienone is 5. The molecule has 0 bridgehead atoms. The molecule has 3 nitrogen and oxygen atoms in total. The summed E-state index contributed by atoms with van der Waals surface area (Å²) < 4.78 is 2.42. The summed E-state index contributed by atoms with van der Waals surface area (Å²) in [6.45, 7) is 3.78. The third-order valence-electron chi connectivity index (χ3n) is 9.15. The van der Waals surface area contributed by atoms with Crippen LogP contribution in [0, 0.1) is 5.41 Å². The number of hydrogen-bond donors (Lipinski definition) is 2. The lowest BCUT2D eigenvalue weighted by atomic mass is 9.97. The number of aromatic nitrogens is 1. The van der Waals surface area contributed by atoms with Crippen molar-refractivity contribution >= 4 is 44.4 Å². The lowest BCUT2D eigenvalue weighted by Crippen LogP contribution is -2.14. The quantitative estimate of drug-likeness (QED) is 0.138. The number of rotatable bonds is 7. The Labute approximate surface area is 274 Å². The first-order chi connectivity index (χ1) is 23.2. The highest BCUT2D eigenvalue weighted by molar-refractivity contribution is 6.19. The zero-order valence-electron chi connectivity index (χ0n) is 25.9. The van der Waals surface area contributed by atoms with Crippen LogP contribution in [0.4, 0.5) is 0 Å². The topological polar surface area (TPSA) is 40.8 Å². The van der Waals surface area contributed by atoms with Crippen LogP contribution in [-0.4, -0.2) is 10.8 Å². The molecule has 2 heterocycles. The third kappa shape index (κ3) is 5.08. The summed E-state index contributed by atoms with van der Waals surface area (Å²) in [4.78, 5) is 0. The highest BCUT2D eigenvalue weighted by atomic mass is 15.0. The zero-order valence-corrected chi connectivity index (χ0v) is 25.9. The first kappa shape index (κ1) is 28.3. The van der Waals surface area contributed by atoms with Crippen molar-refractivity contribution in [3.63, 3.8) is 0 Å². The summed E-state index contributed by atoms with van der Waals surface area (Å²) in [7, 11) is 0. The molecular weight excluding hydrogens is 571 g/mol. The Morgan fingerprint density at radius 2 is 1.36 bits per heavy atom. The van der Waals surface area contributed by atoms with Crippen molar-refractivity contribution in [3.05, 3.63) is 182 Å². The van der Waals surface area contributed by atoms with Crippen LogP contribution < -0.4 is 5.32 Å². The van der Waals surface area contributed by atoms with E-state index >= 15 is 0 Å². The highest BCUT2D eigenvalue weighted by Crippen LogP contribution is 2.39. The van der Waals surface area contributed by atoms with Crippen molar-refractivity contribution in [1.82, 2.24) is 9.88 Å². The molecule has 47 heavy (non-hydrogen) atoms. The smallest absolute Gasteiger partial charge is 0.0695 e. The summed E-state index contributed by atoms with van der Waals surface area (Å²) in [6.07, 6.45) is 13.2. The van der Waals surface area contributed by atoms with E-state index in [0.29, 0.717) is 0 Å². The molecule has 2 N–H and O–H groups in total. The van der Waals surface area contributed by atoms with E-state index in [1.807, 2.05) is 18.4 Å². The van der Waals surface area contributed by atoms with Crippen LogP contribution in [0.2, 0.25) is 0 Å². The highest BCUT2D eigenvalue weighted by Gasteiger charge is 2.17. The molecule has 224 valence electrons. The Morgan fingerprint density at radius 1 is 0.681 bits per heavy atom. The monoisotopic (exact) mass is 603 g/mol. The lowest BCUT2D eigenvalue weighted by Gasteiger charge is -2.16. The fourth-order valence-corrected chi connectivity index (χ4v) is 6.79. The molecule has 1 unspecified atom stereocenters. The van der Waals surface area contributed by atoms with Gasteiger partial charge in [-0.25, -0.2) is 0 Å². The molecule has 6 aromatic carbocycles. The van der Waals surface area contributed by atoms with Gasteiger partial charge in [-0.15, -0.1) is 0 Å². The van der Waals surface area contributed by atoms with Crippen molar-refractivity contribution in [2.75, 3.05) is 0 Å². The fraction of sp³-hybridized carbons (Fsp3) is 0.0227. The first-order valence-electron chi connectivity index (χ1n) is 15.9. The maximum absolute atomic E-state index is 7.74. The second-order valence-electron chi connectivity index (χ2n) is 11.9. The Bertz CT molecular complexity index is 2390. The molecule has 0 saturated heterocycles. The third-order valence-corrected chi connectivity index (χ3v) is 9.15. The minimum absolute atomic E-state index is 0.199. The first-order valence-corrected chi connectivity index (χ1v) is 15.9. The second-order valence-corrected chi connectivity index (χ2v) is 11.9. The molecule has 1 aliphatic rings. The molecule has 1 atom stereocenters. The Kier molecular flexibility index (Phi) is 7.20.